The lowest BCUT2D eigenvalue weighted by molar-refractivity contribution is -0.145. The van der Waals surface area contributed by atoms with Crippen molar-refractivity contribution < 1.29 is 37.0 Å². The normalized spacial score (nSPS) is 12.1. The molecule has 0 saturated heterocycles. The molecular weight excluding hydrogens is 472 g/mol. The minimum absolute atomic E-state index is 0.0394. The van der Waals surface area contributed by atoms with Crippen LogP contribution in [0.3, 0.4) is 0 Å². The van der Waals surface area contributed by atoms with Crippen molar-refractivity contribution >= 4 is 22.7 Å². The number of aryl methyl sites for hydroxylation is 1. The zero-order valence-electron chi connectivity index (χ0n) is 20.2. The predicted molar refractivity (Wildman–Crippen MR) is 128 cm³/mol. The third-order valence-corrected chi connectivity index (χ3v) is 5.89. The van der Waals surface area contributed by atoms with Gasteiger partial charge in [0.2, 0.25) is 5.78 Å². The lowest BCUT2D eigenvalue weighted by atomic mass is 10.1. The highest BCUT2D eigenvalue weighted by Gasteiger charge is 2.25. The number of benzene rings is 2. The van der Waals surface area contributed by atoms with E-state index < -0.39 is 18.7 Å². The van der Waals surface area contributed by atoms with E-state index in [0.717, 1.165) is 11.1 Å². The molecule has 9 heteroatoms. The first kappa shape index (κ1) is 25.0. The van der Waals surface area contributed by atoms with Gasteiger partial charge in [0.1, 0.15) is 17.1 Å². The van der Waals surface area contributed by atoms with Crippen molar-refractivity contribution in [1.29, 1.82) is 0 Å². The first-order chi connectivity index (χ1) is 17.2. The second-order valence-corrected chi connectivity index (χ2v) is 8.29. The average molecular weight is 497 g/mol. The number of nitrogens with zero attached hydrogens (tertiary/aromatic N) is 1. The summed E-state index contributed by atoms with van der Waals surface area (Å²) in [6.45, 7) is 2.21. The number of furan rings is 1. The number of ether oxygens (including phenoxy) is 3. The van der Waals surface area contributed by atoms with E-state index in [1.54, 1.807) is 50.4 Å². The Balaban J connectivity index is 1.46. The van der Waals surface area contributed by atoms with Crippen LogP contribution in [0, 0.1) is 13.8 Å². The van der Waals surface area contributed by atoms with Crippen molar-refractivity contribution in [3.63, 3.8) is 0 Å². The van der Waals surface area contributed by atoms with Crippen LogP contribution in [0.5, 0.6) is 11.5 Å². The molecule has 0 bridgehead atoms. The quantitative estimate of drug-likeness (QED) is 0.215. The summed E-state index contributed by atoms with van der Waals surface area (Å²) in [4.78, 5) is 25.7. The van der Waals surface area contributed by atoms with Gasteiger partial charge in [0.15, 0.2) is 6.10 Å². The van der Waals surface area contributed by atoms with Crippen molar-refractivity contribution in [2.45, 2.75) is 39.9 Å². The van der Waals surface area contributed by atoms with Crippen molar-refractivity contribution in [1.82, 2.24) is 4.57 Å². The van der Waals surface area contributed by atoms with Gasteiger partial charge in [-0.1, -0.05) is 0 Å². The number of aromatic nitrogens is 1. The smallest absolute Gasteiger partial charge is 0.387 e. The molecule has 0 spiro atoms. The molecule has 36 heavy (non-hydrogen) atoms. The van der Waals surface area contributed by atoms with Crippen LogP contribution >= 0.6 is 0 Å². The Hall–Kier alpha value is -4.14. The number of halogens is 2. The van der Waals surface area contributed by atoms with Gasteiger partial charge in [0.05, 0.1) is 19.8 Å². The minimum Gasteiger partial charge on any atom is -0.497 e. The maximum Gasteiger partial charge on any atom is 0.387 e. The third kappa shape index (κ3) is 5.10. The molecule has 0 aliphatic rings. The number of fused-ring (bicyclic) bond motifs is 1. The lowest BCUT2D eigenvalue weighted by Gasteiger charge is -2.13. The summed E-state index contributed by atoms with van der Waals surface area (Å²) in [6.07, 6.45) is 0.429. The number of alkyl halides is 2. The fourth-order valence-corrected chi connectivity index (χ4v) is 4.18. The maximum absolute atomic E-state index is 13.1. The zero-order valence-corrected chi connectivity index (χ0v) is 20.2. The Labute approximate surface area is 206 Å². The number of rotatable bonds is 9. The van der Waals surface area contributed by atoms with Gasteiger partial charge in [0, 0.05) is 39.7 Å². The molecule has 4 rings (SSSR count). The summed E-state index contributed by atoms with van der Waals surface area (Å²) >= 11 is 0. The Morgan fingerprint density at radius 1 is 1.03 bits per heavy atom. The third-order valence-electron chi connectivity index (χ3n) is 5.89. The van der Waals surface area contributed by atoms with E-state index in [1.807, 2.05) is 11.5 Å². The highest BCUT2D eigenvalue weighted by atomic mass is 19.3. The van der Waals surface area contributed by atoms with Gasteiger partial charge in [-0.3, -0.25) is 9.59 Å². The van der Waals surface area contributed by atoms with Crippen LogP contribution in [0.1, 0.15) is 34.2 Å². The van der Waals surface area contributed by atoms with Crippen LogP contribution in [0.2, 0.25) is 0 Å². The number of carbonyl (C=O) groups is 2. The molecule has 2 aromatic heterocycles. The molecule has 2 aromatic carbocycles. The van der Waals surface area contributed by atoms with E-state index in [1.165, 1.54) is 25.3 Å². The largest absolute Gasteiger partial charge is 0.497 e. The molecule has 0 saturated carbocycles. The van der Waals surface area contributed by atoms with Crippen LogP contribution in [0.25, 0.3) is 16.7 Å². The first-order valence-electron chi connectivity index (χ1n) is 11.2. The Morgan fingerprint density at radius 2 is 1.72 bits per heavy atom. The number of hydrogen-bond donors (Lipinski definition) is 0. The highest BCUT2D eigenvalue weighted by Crippen LogP contribution is 2.27. The Bertz CT molecular complexity index is 1400. The number of carbonyl (C=O) groups excluding carboxylic acids is 2. The van der Waals surface area contributed by atoms with Crippen LogP contribution in [-0.4, -0.2) is 36.1 Å². The van der Waals surface area contributed by atoms with E-state index in [-0.39, 0.29) is 18.0 Å². The fourth-order valence-electron chi connectivity index (χ4n) is 4.18. The van der Waals surface area contributed by atoms with Gasteiger partial charge >= 0.3 is 12.6 Å². The van der Waals surface area contributed by atoms with E-state index in [4.69, 9.17) is 13.9 Å². The Kier molecular flexibility index (Phi) is 7.10. The summed E-state index contributed by atoms with van der Waals surface area (Å²) in [6, 6.07) is 13.1. The summed E-state index contributed by atoms with van der Waals surface area (Å²) in [5, 5.41) is 0.764. The van der Waals surface area contributed by atoms with Gasteiger partial charge < -0.3 is 23.2 Å². The number of hydrogen-bond acceptors (Lipinski definition) is 6. The molecule has 188 valence electrons. The predicted octanol–water partition coefficient (Wildman–Crippen LogP) is 5.81. The number of esters is 1. The van der Waals surface area contributed by atoms with Gasteiger partial charge in [-0.2, -0.15) is 8.78 Å². The lowest BCUT2D eigenvalue weighted by Crippen LogP contribution is -2.25. The fraction of sp³-hybridized carbons (Fsp3) is 0.259. The number of methoxy groups -OCH3 is 1. The molecule has 4 aromatic rings. The monoisotopic (exact) mass is 497 g/mol. The van der Waals surface area contributed by atoms with E-state index in [2.05, 4.69) is 4.74 Å². The number of ketones is 1. The van der Waals surface area contributed by atoms with E-state index in [0.29, 0.717) is 33.8 Å². The molecule has 0 unspecified atom stereocenters. The highest BCUT2D eigenvalue weighted by molar-refractivity contribution is 6.01. The van der Waals surface area contributed by atoms with Crippen molar-refractivity contribution in [3.05, 3.63) is 77.3 Å². The molecule has 7 nitrogen and oxygen atoms in total. The summed E-state index contributed by atoms with van der Waals surface area (Å²) in [5.74, 6) is -0.224. The van der Waals surface area contributed by atoms with E-state index in [9.17, 15) is 18.4 Å². The summed E-state index contributed by atoms with van der Waals surface area (Å²) < 4.78 is 47.2. The average Bonchev–Trinajstić information content (AvgIpc) is 3.37. The van der Waals surface area contributed by atoms with Crippen LogP contribution in [0.4, 0.5) is 8.78 Å². The van der Waals surface area contributed by atoms with Crippen LogP contribution in [0.15, 0.2) is 59.2 Å². The Morgan fingerprint density at radius 3 is 2.39 bits per heavy atom. The van der Waals surface area contributed by atoms with Crippen molar-refractivity contribution in [3.8, 4) is 17.2 Å². The summed E-state index contributed by atoms with van der Waals surface area (Å²) in [7, 11) is 1.56. The topological polar surface area (TPSA) is 79.9 Å². The molecule has 0 amide bonds. The molecule has 0 aliphatic heterocycles. The maximum atomic E-state index is 13.1. The molecule has 0 fully saturated rings. The molecule has 0 radical (unpaired) electrons. The second-order valence-electron chi connectivity index (χ2n) is 8.29. The van der Waals surface area contributed by atoms with E-state index >= 15 is 0 Å². The van der Waals surface area contributed by atoms with Crippen LogP contribution in [-0.2, 0) is 16.0 Å². The zero-order chi connectivity index (χ0) is 26.0. The van der Waals surface area contributed by atoms with Gasteiger partial charge in [-0.15, -0.1) is 0 Å². The van der Waals surface area contributed by atoms with Gasteiger partial charge in [-0.05, 0) is 63.2 Å². The SMILES string of the molecule is COc1ccc2c(CC(=O)O[C@@H](C)C(=O)c3cc(C)n(-c4ccc(OC(F)F)cc4)c3C)coc2c1. The molecular formula is C27H25F2NO6. The number of Topliss-reactive ketones (excluding diaryl/α,β-unsaturated/α-hetero) is 1. The first-order valence-corrected chi connectivity index (χ1v) is 11.2. The summed E-state index contributed by atoms with van der Waals surface area (Å²) in [5.41, 5.74) is 3.72. The molecule has 2 heterocycles. The second kappa shape index (κ2) is 10.2. The van der Waals surface area contributed by atoms with Gasteiger partial charge in [0.25, 0.3) is 0 Å². The van der Waals surface area contributed by atoms with Crippen molar-refractivity contribution in [2.75, 3.05) is 7.11 Å². The minimum atomic E-state index is -2.91. The van der Waals surface area contributed by atoms with Gasteiger partial charge in [-0.25, -0.2) is 0 Å². The molecule has 0 N–H and O–H groups in total. The van der Waals surface area contributed by atoms with Crippen LogP contribution < -0.4 is 9.47 Å². The molecule has 1 atom stereocenters. The molecule has 0 aliphatic carbocycles. The van der Waals surface area contributed by atoms with Crippen molar-refractivity contribution in [2.24, 2.45) is 0 Å². The standard InChI is InChI=1S/C27H25F2NO6/c1-15-11-23(16(2)30(15)19-5-7-20(8-6-19)36-27(28)29)26(32)17(3)35-25(31)12-18-14-34-24-13-21(33-4)9-10-22(18)24/h5-11,13-14,17,27H,12H2,1-4H3/t17-/m0/s1.